The Morgan fingerprint density at radius 3 is 2.62 bits per heavy atom. The Balaban J connectivity index is 2.91. The van der Waals surface area contributed by atoms with E-state index in [1.54, 1.807) is 0 Å². The molecule has 1 heterocycles. The largest absolute Gasteiger partial charge is 0.388 e. The molecule has 1 aromatic rings. The number of hydrogen-bond donors (Lipinski definition) is 1. The number of hydrogen-bond acceptors (Lipinski definition) is 2. The molecule has 1 rings (SSSR count). The van der Waals surface area contributed by atoms with Crippen LogP contribution in [-0.2, 0) is 0 Å². The summed E-state index contributed by atoms with van der Waals surface area (Å²) in [5, 5.41) is 11.9. The average molecular weight is 219 g/mol. The highest BCUT2D eigenvalue weighted by atomic mass is 35.5. The Morgan fingerprint density at radius 1 is 1.62 bits per heavy atom. The van der Waals surface area contributed by atoms with E-state index in [4.69, 9.17) is 11.6 Å². The van der Waals surface area contributed by atoms with Crippen LogP contribution in [-0.4, -0.2) is 5.11 Å². The molecule has 1 nitrogen and oxygen atoms in total. The Bertz CT molecular complexity index is 280. The second kappa shape index (κ2) is 3.99. The predicted octanol–water partition coefficient (Wildman–Crippen LogP) is 3.87. The van der Waals surface area contributed by atoms with Crippen molar-refractivity contribution in [1.29, 1.82) is 0 Å². The lowest BCUT2D eigenvalue weighted by molar-refractivity contribution is 0.0470. The topological polar surface area (TPSA) is 20.2 Å². The van der Waals surface area contributed by atoms with Gasteiger partial charge in [-0.2, -0.15) is 0 Å². The van der Waals surface area contributed by atoms with E-state index in [0.717, 1.165) is 12.0 Å². The number of aliphatic hydroxyl groups excluding tert-OH is 1. The van der Waals surface area contributed by atoms with Gasteiger partial charge < -0.3 is 5.11 Å². The molecule has 0 spiro atoms. The van der Waals surface area contributed by atoms with Gasteiger partial charge in [-0.25, -0.2) is 0 Å². The maximum absolute atomic E-state index is 10.0. The number of halogens is 1. The maximum atomic E-state index is 10.0. The molecule has 0 aliphatic heterocycles. The molecule has 0 aliphatic rings. The molecule has 0 saturated carbocycles. The highest BCUT2D eigenvalue weighted by Crippen LogP contribution is 2.40. The molecule has 13 heavy (non-hydrogen) atoms. The van der Waals surface area contributed by atoms with Gasteiger partial charge in [-0.1, -0.05) is 32.4 Å². The molecule has 74 valence electrons. The van der Waals surface area contributed by atoms with E-state index >= 15 is 0 Å². The summed E-state index contributed by atoms with van der Waals surface area (Å²) in [7, 11) is 0. The van der Waals surface area contributed by atoms with Crippen LogP contribution in [0.5, 0.6) is 0 Å². The standard InChI is InChI=1S/C10H15ClOS/c1-4-10(2,3)8(12)7-5-6-13-9(7)11/h5-6,8,12H,4H2,1-3H3. The van der Waals surface area contributed by atoms with Crippen LogP contribution < -0.4 is 0 Å². The zero-order valence-electron chi connectivity index (χ0n) is 8.17. The molecular formula is C10H15ClOS. The van der Waals surface area contributed by atoms with E-state index in [1.807, 2.05) is 25.3 Å². The molecular weight excluding hydrogens is 204 g/mol. The molecule has 1 unspecified atom stereocenters. The normalized spacial score (nSPS) is 14.5. The van der Waals surface area contributed by atoms with E-state index < -0.39 is 6.10 Å². The molecule has 1 N–H and O–H groups in total. The summed E-state index contributed by atoms with van der Waals surface area (Å²) in [5.41, 5.74) is 0.753. The van der Waals surface area contributed by atoms with Crippen molar-refractivity contribution in [3.8, 4) is 0 Å². The van der Waals surface area contributed by atoms with Gasteiger partial charge in [-0.15, -0.1) is 11.3 Å². The second-order valence-corrected chi connectivity index (χ2v) is 5.41. The van der Waals surface area contributed by atoms with E-state index in [9.17, 15) is 5.11 Å². The van der Waals surface area contributed by atoms with Crippen molar-refractivity contribution in [3.63, 3.8) is 0 Å². The predicted molar refractivity (Wildman–Crippen MR) is 58.4 cm³/mol. The van der Waals surface area contributed by atoms with E-state index in [0.29, 0.717) is 4.34 Å². The highest BCUT2D eigenvalue weighted by Gasteiger charge is 2.28. The van der Waals surface area contributed by atoms with Crippen LogP contribution in [0.1, 0.15) is 38.9 Å². The van der Waals surface area contributed by atoms with Crippen molar-refractivity contribution in [3.05, 3.63) is 21.3 Å². The summed E-state index contributed by atoms with van der Waals surface area (Å²) < 4.78 is 0.703. The zero-order chi connectivity index (χ0) is 10.1. The minimum atomic E-state index is -0.462. The fraction of sp³-hybridized carbons (Fsp3) is 0.600. The van der Waals surface area contributed by atoms with Gasteiger partial charge in [-0.3, -0.25) is 0 Å². The Hall–Kier alpha value is -0.0500. The molecule has 3 heteroatoms. The third-order valence-corrected chi connectivity index (χ3v) is 3.79. The quantitative estimate of drug-likeness (QED) is 0.817. The Morgan fingerprint density at radius 2 is 2.23 bits per heavy atom. The second-order valence-electron chi connectivity index (χ2n) is 3.89. The van der Waals surface area contributed by atoms with Crippen molar-refractivity contribution in [1.82, 2.24) is 0 Å². The molecule has 0 radical (unpaired) electrons. The molecule has 0 aromatic carbocycles. The minimum absolute atomic E-state index is 0.106. The first-order valence-corrected chi connectivity index (χ1v) is 5.65. The van der Waals surface area contributed by atoms with Gasteiger partial charge in [0.15, 0.2) is 0 Å². The molecule has 1 atom stereocenters. The van der Waals surface area contributed by atoms with Crippen molar-refractivity contribution in [2.24, 2.45) is 5.41 Å². The van der Waals surface area contributed by atoms with Gasteiger partial charge in [-0.05, 0) is 23.3 Å². The van der Waals surface area contributed by atoms with Crippen LogP contribution in [0.15, 0.2) is 11.4 Å². The molecule has 0 amide bonds. The van der Waals surface area contributed by atoms with Gasteiger partial charge in [0, 0.05) is 5.56 Å². The van der Waals surface area contributed by atoms with Crippen LogP contribution in [0.4, 0.5) is 0 Å². The summed E-state index contributed by atoms with van der Waals surface area (Å²) >= 11 is 7.42. The summed E-state index contributed by atoms with van der Waals surface area (Å²) in [5.74, 6) is 0. The summed E-state index contributed by atoms with van der Waals surface area (Å²) in [6.07, 6.45) is 0.469. The number of rotatable bonds is 3. The maximum Gasteiger partial charge on any atom is 0.0986 e. The van der Waals surface area contributed by atoms with Crippen molar-refractivity contribution in [2.75, 3.05) is 0 Å². The first-order valence-electron chi connectivity index (χ1n) is 4.40. The summed E-state index contributed by atoms with van der Waals surface area (Å²) in [6, 6.07) is 1.90. The molecule has 0 fully saturated rings. The monoisotopic (exact) mass is 218 g/mol. The summed E-state index contributed by atoms with van der Waals surface area (Å²) in [6.45, 7) is 6.17. The highest BCUT2D eigenvalue weighted by molar-refractivity contribution is 7.14. The van der Waals surface area contributed by atoms with Gasteiger partial charge >= 0.3 is 0 Å². The fourth-order valence-electron chi connectivity index (χ4n) is 1.11. The lowest BCUT2D eigenvalue weighted by Gasteiger charge is -2.29. The van der Waals surface area contributed by atoms with Gasteiger partial charge in [0.05, 0.1) is 10.4 Å². The van der Waals surface area contributed by atoms with E-state index in [-0.39, 0.29) is 5.41 Å². The van der Waals surface area contributed by atoms with Gasteiger partial charge in [0.1, 0.15) is 0 Å². The fourth-order valence-corrected chi connectivity index (χ4v) is 2.08. The molecule has 1 aromatic heterocycles. The average Bonchev–Trinajstić information content (AvgIpc) is 2.50. The summed E-state index contributed by atoms with van der Waals surface area (Å²) in [4.78, 5) is 0. The molecule has 0 saturated heterocycles. The lowest BCUT2D eigenvalue weighted by Crippen LogP contribution is -2.20. The van der Waals surface area contributed by atoms with E-state index in [1.165, 1.54) is 11.3 Å². The third kappa shape index (κ3) is 2.25. The number of aliphatic hydroxyl groups is 1. The molecule has 0 bridgehead atoms. The van der Waals surface area contributed by atoms with Crippen LogP contribution >= 0.6 is 22.9 Å². The third-order valence-electron chi connectivity index (χ3n) is 2.59. The van der Waals surface area contributed by atoms with Gasteiger partial charge in [0.25, 0.3) is 0 Å². The van der Waals surface area contributed by atoms with Gasteiger partial charge in [0.2, 0.25) is 0 Å². The van der Waals surface area contributed by atoms with Crippen LogP contribution in [0.2, 0.25) is 4.34 Å². The van der Waals surface area contributed by atoms with E-state index in [2.05, 4.69) is 6.92 Å². The van der Waals surface area contributed by atoms with Crippen LogP contribution in [0.25, 0.3) is 0 Å². The number of thiophene rings is 1. The molecule has 0 aliphatic carbocycles. The van der Waals surface area contributed by atoms with Crippen molar-refractivity contribution >= 4 is 22.9 Å². The Kier molecular flexibility index (Phi) is 3.38. The first-order chi connectivity index (χ1) is 5.99. The zero-order valence-corrected chi connectivity index (χ0v) is 9.75. The van der Waals surface area contributed by atoms with Crippen LogP contribution in [0.3, 0.4) is 0 Å². The van der Waals surface area contributed by atoms with Crippen molar-refractivity contribution in [2.45, 2.75) is 33.3 Å². The Labute approximate surface area is 88.4 Å². The first kappa shape index (κ1) is 11.0. The van der Waals surface area contributed by atoms with Crippen LogP contribution in [0, 0.1) is 5.41 Å². The minimum Gasteiger partial charge on any atom is -0.388 e. The SMILES string of the molecule is CCC(C)(C)C(O)c1ccsc1Cl. The smallest absolute Gasteiger partial charge is 0.0986 e. The van der Waals surface area contributed by atoms with Crippen molar-refractivity contribution < 1.29 is 5.11 Å². The lowest BCUT2D eigenvalue weighted by atomic mass is 9.81.